The maximum atomic E-state index is 13.7. The molecule has 1 saturated heterocycles. The first kappa shape index (κ1) is 29.1. The highest BCUT2D eigenvalue weighted by Crippen LogP contribution is 2.58. The van der Waals surface area contributed by atoms with Crippen LogP contribution in [-0.4, -0.2) is 53.2 Å². The molecule has 1 aromatic carbocycles. The molecule has 43 heavy (non-hydrogen) atoms. The van der Waals surface area contributed by atoms with Gasteiger partial charge in [0.1, 0.15) is 5.15 Å². The zero-order valence-electron chi connectivity index (χ0n) is 24.4. The minimum absolute atomic E-state index is 0.0395. The monoisotopic (exact) mass is 621 g/mol. The number of pyridine rings is 2. The highest BCUT2D eigenvalue weighted by molar-refractivity contribution is 7.89. The predicted octanol–water partition coefficient (Wildman–Crippen LogP) is 3.71. The summed E-state index contributed by atoms with van der Waals surface area (Å²) in [7, 11) is -2.07. The third-order valence-corrected chi connectivity index (χ3v) is 9.07. The molecule has 4 atom stereocenters. The van der Waals surface area contributed by atoms with Crippen LogP contribution in [0.4, 0.5) is 11.6 Å². The van der Waals surface area contributed by atoms with E-state index in [0.717, 1.165) is 36.2 Å². The number of nitrogens with zero attached hydrogens (tertiary/aromatic N) is 5. The molecule has 2 N–H and O–H groups in total. The van der Waals surface area contributed by atoms with Gasteiger partial charge >= 0.3 is 0 Å². The quantitative estimate of drug-likeness (QED) is 0.296. The van der Waals surface area contributed by atoms with Crippen LogP contribution in [0.2, 0.25) is 5.15 Å². The van der Waals surface area contributed by atoms with Gasteiger partial charge in [0.2, 0.25) is 16.0 Å². The number of sulfonamides is 1. The van der Waals surface area contributed by atoms with Gasteiger partial charge in [-0.15, -0.1) is 0 Å². The van der Waals surface area contributed by atoms with Gasteiger partial charge < -0.3 is 10.2 Å². The third-order valence-electron chi connectivity index (χ3n) is 8.31. The van der Waals surface area contributed by atoms with Gasteiger partial charge in [-0.05, 0) is 80.0 Å². The summed E-state index contributed by atoms with van der Waals surface area (Å²) in [6.07, 6.45) is 2.75. The van der Waals surface area contributed by atoms with E-state index in [1.165, 1.54) is 11.6 Å². The fourth-order valence-corrected chi connectivity index (χ4v) is 6.95. The minimum Gasteiger partial charge on any atom is -0.377 e. The second-order valence-electron chi connectivity index (χ2n) is 11.6. The number of benzene rings is 1. The maximum Gasteiger partial charge on any atom is 0.285 e. The van der Waals surface area contributed by atoms with Gasteiger partial charge in [-0.2, -0.15) is 0 Å². The number of rotatable bonds is 7. The molecule has 2 unspecified atom stereocenters. The number of piperidine rings is 1. The van der Waals surface area contributed by atoms with E-state index in [4.69, 9.17) is 16.6 Å². The van der Waals surface area contributed by atoms with E-state index in [1.807, 2.05) is 43.8 Å². The van der Waals surface area contributed by atoms with Crippen molar-refractivity contribution in [3.8, 4) is 0 Å². The number of halogens is 1. The Balaban J connectivity index is 1.33. The molecule has 224 valence electrons. The van der Waals surface area contributed by atoms with Crippen molar-refractivity contribution in [1.29, 1.82) is 0 Å². The summed E-state index contributed by atoms with van der Waals surface area (Å²) < 4.78 is 27.0. The number of amides is 1. The molecular formula is C30H32ClN7O4S. The zero-order valence-corrected chi connectivity index (χ0v) is 26.0. The Hall–Kier alpha value is -4.03. The van der Waals surface area contributed by atoms with Crippen LogP contribution in [0.25, 0.3) is 10.9 Å². The fraction of sp³-hybridized carbons (Fsp3) is 0.367. The van der Waals surface area contributed by atoms with E-state index < -0.39 is 22.0 Å². The first-order chi connectivity index (χ1) is 20.3. The van der Waals surface area contributed by atoms with E-state index in [0.29, 0.717) is 34.6 Å². The molecule has 0 radical (unpaired) electrons. The van der Waals surface area contributed by atoms with Crippen LogP contribution in [0.15, 0.2) is 47.4 Å². The average molecular weight is 622 g/mol. The highest BCUT2D eigenvalue weighted by Gasteiger charge is 2.56. The van der Waals surface area contributed by atoms with Crippen LogP contribution in [0, 0.1) is 25.7 Å². The smallest absolute Gasteiger partial charge is 0.285 e. The molecule has 1 aliphatic carbocycles. The van der Waals surface area contributed by atoms with E-state index >= 15 is 0 Å². The van der Waals surface area contributed by atoms with Crippen molar-refractivity contribution >= 4 is 50.1 Å². The molecule has 3 aromatic heterocycles. The Labute approximate surface area is 254 Å². The lowest BCUT2D eigenvalue weighted by atomic mass is 10.0. The lowest BCUT2D eigenvalue weighted by molar-refractivity contribution is 0.0977. The number of aryl methyl sites for hydroxylation is 2. The van der Waals surface area contributed by atoms with E-state index in [-0.39, 0.29) is 22.1 Å². The van der Waals surface area contributed by atoms with E-state index in [1.54, 1.807) is 17.7 Å². The van der Waals surface area contributed by atoms with Crippen LogP contribution in [0.5, 0.6) is 0 Å². The Bertz CT molecular complexity index is 1950. The summed E-state index contributed by atoms with van der Waals surface area (Å²) in [4.78, 5) is 42.0. The van der Waals surface area contributed by atoms with E-state index in [2.05, 4.69) is 32.3 Å². The van der Waals surface area contributed by atoms with Crippen LogP contribution in [0.1, 0.15) is 51.8 Å². The highest BCUT2D eigenvalue weighted by atomic mass is 35.5. The Kier molecular flexibility index (Phi) is 7.16. The number of carbonyl (C=O) groups excluding carboxylic acids is 1. The zero-order chi connectivity index (χ0) is 30.8. The van der Waals surface area contributed by atoms with Gasteiger partial charge in [0, 0.05) is 37.6 Å². The fourth-order valence-electron chi connectivity index (χ4n) is 6.37. The van der Waals surface area contributed by atoms with Gasteiger partial charge in [0.15, 0.2) is 5.69 Å². The van der Waals surface area contributed by atoms with Crippen LogP contribution in [0.3, 0.4) is 0 Å². The van der Waals surface area contributed by atoms with Crippen molar-refractivity contribution in [1.82, 2.24) is 24.2 Å². The van der Waals surface area contributed by atoms with Gasteiger partial charge in [0.25, 0.3) is 11.5 Å². The SMILES string of the molecule is Cc1cc([C@@H](C)Nc2ccc(Cl)nc2C(=O)NS(C)(=O)=O)c2nc(N3CC4C(c5ccnc(C)c5)[C@@H]4C3)n(C)c(=O)c2c1. The number of carbonyl (C=O) groups is 1. The molecule has 13 heteroatoms. The summed E-state index contributed by atoms with van der Waals surface area (Å²) >= 11 is 6.04. The lowest BCUT2D eigenvalue weighted by Gasteiger charge is -2.25. The van der Waals surface area contributed by atoms with Gasteiger partial charge in [-0.25, -0.2) is 23.1 Å². The number of anilines is 2. The molecule has 1 saturated carbocycles. The molecular weight excluding hydrogens is 590 g/mol. The molecule has 0 spiro atoms. The minimum atomic E-state index is -3.83. The molecule has 1 amide bonds. The molecule has 4 heterocycles. The van der Waals surface area contributed by atoms with Crippen molar-refractivity contribution in [3.63, 3.8) is 0 Å². The Morgan fingerprint density at radius 1 is 1.09 bits per heavy atom. The second kappa shape index (κ2) is 10.6. The summed E-state index contributed by atoms with van der Waals surface area (Å²) in [5.41, 5.74) is 4.52. The van der Waals surface area contributed by atoms with Crippen molar-refractivity contribution in [3.05, 3.63) is 86.2 Å². The predicted molar refractivity (Wildman–Crippen MR) is 166 cm³/mol. The molecule has 11 nitrogen and oxygen atoms in total. The summed E-state index contributed by atoms with van der Waals surface area (Å²) in [6.45, 7) is 7.42. The standard InChI is InChI=1S/C30H32ClN7O4S/c1-15-10-19(17(3)33-23-6-7-24(31)34-27(23)28(39)36-43(5,41)42)26-20(11-15)29(40)37(4)30(35-26)38-13-21-22(14-38)25(21)18-8-9-32-16(2)12-18/h6-12,17,21-22,25,33H,13-14H2,1-5H3,(H,36,39)/t17-,21-,22?,25?/m1/s1. The largest absolute Gasteiger partial charge is 0.377 e. The van der Waals surface area contributed by atoms with Crippen molar-refractivity contribution in [2.75, 3.05) is 29.6 Å². The van der Waals surface area contributed by atoms with Crippen LogP contribution < -0.4 is 20.5 Å². The van der Waals surface area contributed by atoms with Crippen LogP contribution in [-0.2, 0) is 17.1 Å². The van der Waals surface area contributed by atoms with Gasteiger partial charge in [0.05, 0.1) is 28.9 Å². The number of hydrogen-bond donors (Lipinski definition) is 2. The molecule has 2 fully saturated rings. The molecule has 2 aliphatic rings. The molecule has 1 aliphatic heterocycles. The normalized spacial score (nSPS) is 20.1. The topological polar surface area (TPSA) is 139 Å². The van der Waals surface area contributed by atoms with E-state index in [9.17, 15) is 18.0 Å². The molecule has 0 bridgehead atoms. The number of hydrogen-bond acceptors (Lipinski definition) is 9. The summed E-state index contributed by atoms with van der Waals surface area (Å²) in [6, 6.07) is 10.7. The average Bonchev–Trinajstić information content (AvgIpc) is 3.43. The number of aromatic nitrogens is 4. The van der Waals surface area contributed by atoms with Gasteiger partial charge in [-0.1, -0.05) is 17.7 Å². The second-order valence-corrected chi connectivity index (χ2v) is 13.8. The molecule has 4 aromatic rings. The maximum absolute atomic E-state index is 13.7. The lowest BCUT2D eigenvalue weighted by Crippen LogP contribution is -2.32. The van der Waals surface area contributed by atoms with Crippen LogP contribution >= 0.6 is 11.6 Å². The third kappa shape index (κ3) is 5.56. The molecule has 6 rings (SSSR count). The number of fused-ring (bicyclic) bond motifs is 2. The Morgan fingerprint density at radius 2 is 1.81 bits per heavy atom. The van der Waals surface area contributed by atoms with Gasteiger partial charge in [-0.3, -0.25) is 19.1 Å². The first-order valence-corrected chi connectivity index (χ1v) is 16.2. The van der Waals surface area contributed by atoms with Crippen molar-refractivity contribution in [2.24, 2.45) is 18.9 Å². The summed E-state index contributed by atoms with van der Waals surface area (Å²) in [5, 5.41) is 3.79. The number of nitrogens with one attached hydrogen (secondary N) is 2. The van der Waals surface area contributed by atoms with Crippen molar-refractivity contribution < 1.29 is 13.2 Å². The summed E-state index contributed by atoms with van der Waals surface area (Å²) in [5.74, 6) is 1.21. The van der Waals surface area contributed by atoms with Crippen molar-refractivity contribution in [2.45, 2.75) is 32.7 Å². The first-order valence-electron chi connectivity index (χ1n) is 13.9. The Morgan fingerprint density at radius 3 is 2.49 bits per heavy atom.